The fraction of sp³-hybridized carbons (Fsp3) is 0.409. The number of ether oxygens (including phenoxy) is 2. The SMILES string of the molecule is Cc1ccc(CN=C(N)NCCCN2CCOCC2)c(Oc2ccccc2)c1. The smallest absolute Gasteiger partial charge is 0.188 e. The minimum atomic E-state index is 0.466. The van der Waals surface area contributed by atoms with Crippen molar-refractivity contribution in [3.05, 3.63) is 59.7 Å². The van der Waals surface area contributed by atoms with Crippen molar-refractivity contribution < 1.29 is 9.47 Å². The summed E-state index contributed by atoms with van der Waals surface area (Å²) in [6.45, 7) is 8.09. The van der Waals surface area contributed by atoms with Crippen molar-refractivity contribution in [1.82, 2.24) is 10.2 Å². The fourth-order valence-electron chi connectivity index (χ4n) is 3.07. The number of rotatable bonds is 8. The average molecular weight is 383 g/mol. The molecule has 2 aromatic carbocycles. The number of nitrogens with zero attached hydrogens (tertiary/aromatic N) is 2. The van der Waals surface area contributed by atoms with Gasteiger partial charge in [0, 0.05) is 25.2 Å². The van der Waals surface area contributed by atoms with Crippen LogP contribution in [0.15, 0.2) is 53.5 Å². The third-order valence-electron chi connectivity index (χ3n) is 4.67. The molecule has 0 aliphatic carbocycles. The van der Waals surface area contributed by atoms with E-state index in [2.05, 4.69) is 28.2 Å². The number of para-hydroxylation sites is 1. The van der Waals surface area contributed by atoms with Crippen LogP contribution in [0.3, 0.4) is 0 Å². The quantitative estimate of drug-likeness (QED) is 0.417. The van der Waals surface area contributed by atoms with Gasteiger partial charge < -0.3 is 20.5 Å². The summed E-state index contributed by atoms with van der Waals surface area (Å²) in [5, 5.41) is 3.20. The number of hydrogen-bond donors (Lipinski definition) is 2. The standard InChI is InChI=1S/C22H30N4O2/c1-18-8-9-19(21(16-18)28-20-6-3-2-4-7-20)17-25-22(23)24-10-5-11-26-12-14-27-15-13-26/h2-4,6-9,16H,5,10-15,17H2,1H3,(H3,23,24,25). The summed E-state index contributed by atoms with van der Waals surface area (Å²) in [4.78, 5) is 6.90. The molecule has 150 valence electrons. The molecule has 1 aliphatic heterocycles. The Kier molecular flexibility index (Phi) is 7.70. The van der Waals surface area contributed by atoms with E-state index in [9.17, 15) is 0 Å². The maximum absolute atomic E-state index is 6.04. The lowest BCUT2D eigenvalue weighted by molar-refractivity contribution is 0.0376. The van der Waals surface area contributed by atoms with Gasteiger partial charge in [-0.3, -0.25) is 4.90 Å². The second kappa shape index (κ2) is 10.7. The lowest BCUT2D eigenvalue weighted by Gasteiger charge is -2.26. The molecule has 0 unspecified atom stereocenters. The number of nitrogens with one attached hydrogen (secondary N) is 1. The van der Waals surface area contributed by atoms with E-state index in [1.807, 2.05) is 42.5 Å². The van der Waals surface area contributed by atoms with Gasteiger partial charge in [-0.15, -0.1) is 0 Å². The van der Waals surface area contributed by atoms with Crippen LogP contribution in [-0.4, -0.2) is 50.3 Å². The van der Waals surface area contributed by atoms with Crippen molar-refractivity contribution in [1.29, 1.82) is 0 Å². The summed E-state index contributed by atoms with van der Waals surface area (Å²) in [7, 11) is 0. The molecule has 28 heavy (non-hydrogen) atoms. The molecular weight excluding hydrogens is 352 g/mol. The zero-order valence-electron chi connectivity index (χ0n) is 16.6. The molecule has 0 spiro atoms. The molecule has 0 atom stereocenters. The molecule has 3 rings (SSSR count). The summed E-state index contributed by atoms with van der Waals surface area (Å²) in [5.41, 5.74) is 8.19. The van der Waals surface area contributed by atoms with Gasteiger partial charge in [0.25, 0.3) is 0 Å². The summed E-state index contributed by atoms with van der Waals surface area (Å²) in [6, 6.07) is 15.9. The Morgan fingerprint density at radius 1 is 1.18 bits per heavy atom. The van der Waals surface area contributed by atoms with Crippen LogP contribution in [-0.2, 0) is 11.3 Å². The Hall–Kier alpha value is -2.57. The minimum Gasteiger partial charge on any atom is -0.457 e. The van der Waals surface area contributed by atoms with E-state index in [0.29, 0.717) is 12.5 Å². The Labute approximate surface area is 167 Å². The van der Waals surface area contributed by atoms with Crippen LogP contribution < -0.4 is 15.8 Å². The van der Waals surface area contributed by atoms with Crippen molar-refractivity contribution in [3.63, 3.8) is 0 Å². The van der Waals surface area contributed by atoms with E-state index in [-0.39, 0.29) is 0 Å². The van der Waals surface area contributed by atoms with Crippen molar-refractivity contribution in [3.8, 4) is 11.5 Å². The number of aryl methyl sites for hydroxylation is 1. The lowest BCUT2D eigenvalue weighted by atomic mass is 10.1. The van der Waals surface area contributed by atoms with Crippen LogP contribution in [0, 0.1) is 6.92 Å². The highest BCUT2D eigenvalue weighted by Crippen LogP contribution is 2.27. The number of aliphatic imine (C=N–C) groups is 1. The molecule has 0 bridgehead atoms. The Bertz CT molecular complexity index is 758. The van der Waals surface area contributed by atoms with Crippen LogP contribution in [0.1, 0.15) is 17.5 Å². The van der Waals surface area contributed by atoms with Gasteiger partial charge in [-0.2, -0.15) is 0 Å². The number of hydrogen-bond acceptors (Lipinski definition) is 4. The topological polar surface area (TPSA) is 72.1 Å². The maximum Gasteiger partial charge on any atom is 0.188 e. The van der Waals surface area contributed by atoms with Gasteiger partial charge in [0.1, 0.15) is 11.5 Å². The van der Waals surface area contributed by atoms with Crippen molar-refractivity contribution in [2.24, 2.45) is 10.7 Å². The summed E-state index contributed by atoms with van der Waals surface area (Å²) in [6.07, 6.45) is 1.03. The van der Waals surface area contributed by atoms with Gasteiger partial charge in [0.15, 0.2) is 5.96 Å². The van der Waals surface area contributed by atoms with Crippen LogP contribution in [0.2, 0.25) is 0 Å². The largest absolute Gasteiger partial charge is 0.457 e. The van der Waals surface area contributed by atoms with Crippen LogP contribution >= 0.6 is 0 Å². The van der Waals surface area contributed by atoms with Gasteiger partial charge in [-0.1, -0.05) is 30.3 Å². The van der Waals surface area contributed by atoms with E-state index in [4.69, 9.17) is 15.2 Å². The van der Waals surface area contributed by atoms with E-state index < -0.39 is 0 Å². The maximum atomic E-state index is 6.04. The molecule has 2 aromatic rings. The number of benzene rings is 2. The highest BCUT2D eigenvalue weighted by atomic mass is 16.5. The van der Waals surface area contributed by atoms with E-state index in [1.165, 1.54) is 0 Å². The molecule has 1 heterocycles. The summed E-state index contributed by atoms with van der Waals surface area (Å²) in [5.74, 6) is 2.09. The normalized spacial score (nSPS) is 15.4. The van der Waals surface area contributed by atoms with E-state index >= 15 is 0 Å². The molecule has 1 aliphatic rings. The molecule has 6 nitrogen and oxygen atoms in total. The molecule has 1 saturated heterocycles. The first-order valence-electron chi connectivity index (χ1n) is 9.87. The zero-order valence-corrected chi connectivity index (χ0v) is 16.6. The predicted molar refractivity (Wildman–Crippen MR) is 113 cm³/mol. The van der Waals surface area contributed by atoms with Gasteiger partial charge in [0.2, 0.25) is 0 Å². The molecule has 6 heteroatoms. The first-order chi connectivity index (χ1) is 13.7. The monoisotopic (exact) mass is 382 g/mol. The average Bonchev–Trinajstić information content (AvgIpc) is 2.72. The van der Waals surface area contributed by atoms with Gasteiger partial charge >= 0.3 is 0 Å². The molecular formula is C22H30N4O2. The minimum absolute atomic E-state index is 0.466. The number of morpholine rings is 1. The first kappa shape index (κ1) is 20.2. The Morgan fingerprint density at radius 2 is 1.96 bits per heavy atom. The third kappa shape index (κ3) is 6.55. The molecule has 0 saturated carbocycles. The van der Waals surface area contributed by atoms with Crippen molar-refractivity contribution in [2.45, 2.75) is 19.9 Å². The highest BCUT2D eigenvalue weighted by Gasteiger charge is 2.09. The molecule has 1 fully saturated rings. The van der Waals surface area contributed by atoms with Crippen molar-refractivity contribution >= 4 is 5.96 Å². The number of nitrogens with two attached hydrogens (primary N) is 1. The molecule has 0 aromatic heterocycles. The van der Waals surface area contributed by atoms with E-state index in [1.54, 1.807) is 0 Å². The third-order valence-corrected chi connectivity index (χ3v) is 4.67. The second-order valence-corrected chi connectivity index (χ2v) is 6.96. The summed E-state index contributed by atoms with van der Waals surface area (Å²) < 4.78 is 11.4. The number of guanidine groups is 1. The van der Waals surface area contributed by atoms with Gasteiger partial charge in [-0.05, 0) is 43.7 Å². The lowest BCUT2D eigenvalue weighted by Crippen LogP contribution is -2.39. The van der Waals surface area contributed by atoms with Crippen LogP contribution in [0.5, 0.6) is 11.5 Å². The molecule has 3 N–H and O–H groups in total. The van der Waals surface area contributed by atoms with Crippen LogP contribution in [0.25, 0.3) is 0 Å². The highest BCUT2D eigenvalue weighted by molar-refractivity contribution is 5.77. The predicted octanol–water partition coefficient (Wildman–Crippen LogP) is 2.91. The first-order valence-corrected chi connectivity index (χ1v) is 9.87. The molecule has 0 amide bonds. The zero-order chi connectivity index (χ0) is 19.6. The fourth-order valence-corrected chi connectivity index (χ4v) is 3.07. The van der Waals surface area contributed by atoms with E-state index in [0.717, 1.165) is 68.4 Å². The summed E-state index contributed by atoms with van der Waals surface area (Å²) >= 11 is 0. The second-order valence-electron chi connectivity index (χ2n) is 6.96. The van der Waals surface area contributed by atoms with Crippen LogP contribution in [0.4, 0.5) is 0 Å². The van der Waals surface area contributed by atoms with Gasteiger partial charge in [0.05, 0.1) is 19.8 Å². The Balaban J connectivity index is 1.49. The van der Waals surface area contributed by atoms with Crippen molar-refractivity contribution in [2.75, 3.05) is 39.4 Å². The van der Waals surface area contributed by atoms with Gasteiger partial charge in [-0.25, -0.2) is 4.99 Å². The Morgan fingerprint density at radius 3 is 2.75 bits per heavy atom. The molecule has 0 radical (unpaired) electrons.